The summed E-state index contributed by atoms with van der Waals surface area (Å²) >= 11 is 1.32. The van der Waals surface area contributed by atoms with E-state index in [4.69, 9.17) is 14.2 Å². The van der Waals surface area contributed by atoms with Crippen molar-refractivity contribution < 1.29 is 28.6 Å². The fourth-order valence-electron chi connectivity index (χ4n) is 4.05. The van der Waals surface area contributed by atoms with Crippen LogP contribution in [0.5, 0.6) is 0 Å². The lowest BCUT2D eigenvalue weighted by Gasteiger charge is -2.26. The van der Waals surface area contributed by atoms with E-state index < -0.39 is 17.6 Å². The van der Waals surface area contributed by atoms with Gasteiger partial charge in [0.1, 0.15) is 17.6 Å². The number of ether oxygens (including phenoxy) is 3. The van der Waals surface area contributed by atoms with Crippen molar-refractivity contribution in [3.05, 3.63) is 88.3 Å². The summed E-state index contributed by atoms with van der Waals surface area (Å²) < 4.78 is 16.6. The molecule has 0 spiro atoms. The van der Waals surface area contributed by atoms with Gasteiger partial charge in [-0.2, -0.15) is 0 Å². The molecule has 0 unspecified atom stereocenters. The number of nitrogens with one attached hydrogen (secondary N) is 3. The molecule has 4 amide bonds. The van der Waals surface area contributed by atoms with Crippen LogP contribution < -0.4 is 16.0 Å². The molecule has 2 aliphatic rings. The van der Waals surface area contributed by atoms with Crippen LogP contribution in [-0.4, -0.2) is 65.6 Å². The van der Waals surface area contributed by atoms with E-state index in [2.05, 4.69) is 27.0 Å². The molecule has 0 atom stereocenters. The number of urea groups is 1. The molecule has 234 valence electrons. The Morgan fingerprint density at radius 3 is 2.48 bits per heavy atom. The summed E-state index contributed by atoms with van der Waals surface area (Å²) in [5.41, 5.74) is 2.10. The molecule has 12 nitrogen and oxygen atoms in total. The van der Waals surface area contributed by atoms with Gasteiger partial charge in [0.2, 0.25) is 5.88 Å². The Labute approximate surface area is 261 Å². The van der Waals surface area contributed by atoms with Gasteiger partial charge in [-0.1, -0.05) is 24.3 Å². The van der Waals surface area contributed by atoms with Gasteiger partial charge in [-0.15, -0.1) is 11.3 Å². The first kappa shape index (κ1) is 32.3. The van der Waals surface area contributed by atoms with Crippen LogP contribution in [0.3, 0.4) is 0 Å². The van der Waals surface area contributed by atoms with Crippen LogP contribution in [0.2, 0.25) is 0 Å². The van der Waals surface area contributed by atoms with Gasteiger partial charge in [0.05, 0.1) is 11.4 Å². The Morgan fingerprint density at radius 2 is 1.82 bits per heavy atom. The molecular weight excluding hydrogens is 584 g/mol. The van der Waals surface area contributed by atoms with Crippen LogP contribution in [0.1, 0.15) is 49.7 Å². The number of allylic oxidation sites excluding steroid dienone is 4. The Morgan fingerprint density at radius 1 is 1.05 bits per heavy atom. The lowest BCUT2D eigenvalue weighted by Crippen LogP contribution is -2.42. The first-order valence-corrected chi connectivity index (χ1v) is 15.0. The molecule has 0 bridgehead atoms. The third-order valence-corrected chi connectivity index (χ3v) is 6.96. The zero-order chi connectivity index (χ0) is 31.7. The lowest BCUT2D eigenvalue weighted by molar-refractivity contribution is 0.0635. The summed E-state index contributed by atoms with van der Waals surface area (Å²) in [4.78, 5) is 46.3. The van der Waals surface area contributed by atoms with Gasteiger partial charge in [-0.05, 0) is 64.9 Å². The molecule has 13 heteroatoms. The molecule has 0 radical (unpaired) electrons. The molecule has 0 saturated heterocycles. The van der Waals surface area contributed by atoms with Crippen LogP contribution in [0.25, 0.3) is 0 Å². The summed E-state index contributed by atoms with van der Waals surface area (Å²) in [6, 6.07) is 2.96. The second kappa shape index (κ2) is 14.7. The molecule has 0 fully saturated rings. The van der Waals surface area contributed by atoms with Crippen LogP contribution in [0.4, 0.5) is 21.0 Å². The zero-order valence-corrected chi connectivity index (χ0v) is 26.3. The summed E-state index contributed by atoms with van der Waals surface area (Å²) in [5, 5.41) is 11.6. The third-order valence-electron chi connectivity index (χ3n) is 6.21. The SMILES string of the molecule is CN(C)CCN(Cc1ccc(C(=O)Nc2cscc2NC(=O)OC(C)(C)C)nc1)C(=O)NC1=COC=C(C2=CC=CCC2)O1. The number of nitrogens with zero attached hydrogens (tertiary/aromatic N) is 3. The number of carbonyl (C=O) groups excluding carboxylic acids is 3. The van der Waals surface area contributed by atoms with Crippen molar-refractivity contribution in [2.45, 2.75) is 45.8 Å². The summed E-state index contributed by atoms with van der Waals surface area (Å²) in [6.45, 7) is 6.61. The normalized spacial score (nSPS) is 14.4. The third kappa shape index (κ3) is 9.71. The van der Waals surface area contributed by atoms with Crippen LogP contribution in [0, 0.1) is 0 Å². The number of rotatable bonds is 10. The Kier molecular flexibility index (Phi) is 10.8. The molecule has 1 aliphatic heterocycles. The zero-order valence-electron chi connectivity index (χ0n) is 25.5. The van der Waals surface area contributed by atoms with Crippen LogP contribution in [0.15, 0.2) is 77.1 Å². The van der Waals surface area contributed by atoms with E-state index in [0.29, 0.717) is 30.2 Å². The minimum atomic E-state index is -0.654. The molecule has 4 rings (SSSR count). The number of pyridine rings is 1. The molecule has 2 aromatic rings. The number of carbonyl (C=O) groups is 3. The van der Waals surface area contributed by atoms with Crippen molar-refractivity contribution in [1.82, 2.24) is 20.1 Å². The Bertz CT molecular complexity index is 1470. The van der Waals surface area contributed by atoms with E-state index in [1.165, 1.54) is 23.9 Å². The second-order valence-electron chi connectivity index (χ2n) is 11.3. The van der Waals surface area contributed by atoms with E-state index in [1.54, 1.807) is 54.8 Å². The number of aromatic nitrogens is 1. The first-order chi connectivity index (χ1) is 21.0. The van der Waals surface area contributed by atoms with Crippen molar-refractivity contribution in [2.24, 2.45) is 0 Å². The smallest absolute Gasteiger partial charge is 0.412 e. The highest BCUT2D eigenvalue weighted by molar-refractivity contribution is 7.09. The Balaban J connectivity index is 1.36. The average molecular weight is 623 g/mol. The highest BCUT2D eigenvalue weighted by atomic mass is 32.1. The molecule has 0 saturated carbocycles. The number of hydrogen-bond donors (Lipinski definition) is 3. The fraction of sp³-hybridized carbons (Fsp3) is 0.355. The van der Waals surface area contributed by atoms with E-state index in [1.807, 2.05) is 31.1 Å². The summed E-state index contributed by atoms with van der Waals surface area (Å²) in [6.07, 6.45) is 11.5. The van der Waals surface area contributed by atoms with Gasteiger partial charge in [0.25, 0.3) is 5.91 Å². The first-order valence-electron chi connectivity index (χ1n) is 14.1. The number of thiophene rings is 1. The molecule has 1 aliphatic carbocycles. The number of likely N-dealkylation sites (N-methyl/N-ethyl adjacent to an activating group) is 1. The van der Waals surface area contributed by atoms with Crippen molar-refractivity contribution in [2.75, 3.05) is 37.8 Å². The minimum absolute atomic E-state index is 0.177. The van der Waals surface area contributed by atoms with Gasteiger partial charge in [0, 0.05) is 36.6 Å². The van der Waals surface area contributed by atoms with Gasteiger partial charge in [-0.3, -0.25) is 20.4 Å². The molecular formula is C31H38N6O6S. The van der Waals surface area contributed by atoms with Crippen molar-refractivity contribution in [1.29, 1.82) is 0 Å². The van der Waals surface area contributed by atoms with Gasteiger partial charge in [0.15, 0.2) is 12.0 Å². The predicted molar refractivity (Wildman–Crippen MR) is 169 cm³/mol. The topological polar surface area (TPSA) is 134 Å². The molecule has 3 N–H and O–H groups in total. The maximum atomic E-state index is 13.3. The summed E-state index contributed by atoms with van der Waals surface area (Å²) in [5.74, 6) is 0.301. The van der Waals surface area contributed by atoms with Gasteiger partial charge in [-0.25, -0.2) is 9.59 Å². The maximum Gasteiger partial charge on any atom is 0.412 e. The number of hydrogen-bond acceptors (Lipinski definition) is 9. The second-order valence-corrected chi connectivity index (χ2v) is 12.1. The van der Waals surface area contributed by atoms with Crippen LogP contribution >= 0.6 is 11.3 Å². The quantitative estimate of drug-likeness (QED) is 0.304. The highest BCUT2D eigenvalue weighted by Gasteiger charge is 2.22. The van der Waals surface area contributed by atoms with Crippen molar-refractivity contribution in [3.63, 3.8) is 0 Å². The van der Waals surface area contributed by atoms with E-state index >= 15 is 0 Å². The van der Waals surface area contributed by atoms with Gasteiger partial charge < -0.3 is 29.3 Å². The monoisotopic (exact) mass is 622 g/mol. The highest BCUT2D eigenvalue weighted by Crippen LogP contribution is 2.28. The standard InChI is InChI=1S/C31H38N6O6S/c1-31(2,3)43-30(40)34-25-20-44-19-24(25)33-28(38)23-12-11-21(15-32-23)16-37(14-13-36(4)5)29(39)35-27-18-41-17-26(42-27)22-9-7-6-8-10-22/h6-7,9,11-12,15,17-20H,8,10,13-14,16H2,1-5H3,(H,33,38)(H,34,40)(H,35,39). The Hall–Kier alpha value is -4.62. The minimum Gasteiger partial charge on any atom is -0.463 e. The van der Waals surface area contributed by atoms with E-state index in [9.17, 15) is 14.4 Å². The van der Waals surface area contributed by atoms with Crippen molar-refractivity contribution >= 4 is 40.7 Å². The maximum absolute atomic E-state index is 13.3. The van der Waals surface area contributed by atoms with E-state index in [0.717, 1.165) is 24.0 Å². The lowest BCUT2D eigenvalue weighted by atomic mass is 10.0. The average Bonchev–Trinajstić information content (AvgIpc) is 3.40. The number of amides is 4. The molecule has 3 heterocycles. The molecule has 44 heavy (non-hydrogen) atoms. The number of anilines is 2. The summed E-state index contributed by atoms with van der Waals surface area (Å²) in [7, 11) is 3.86. The largest absolute Gasteiger partial charge is 0.463 e. The van der Waals surface area contributed by atoms with Crippen molar-refractivity contribution in [3.8, 4) is 0 Å². The van der Waals surface area contributed by atoms with E-state index in [-0.39, 0.29) is 24.2 Å². The molecule has 0 aromatic carbocycles. The predicted octanol–water partition coefficient (Wildman–Crippen LogP) is 5.78. The van der Waals surface area contributed by atoms with Gasteiger partial charge >= 0.3 is 12.1 Å². The fourth-order valence-corrected chi connectivity index (χ4v) is 4.76. The van der Waals surface area contributed by atoms with Crippen LogP contribution in [-0.2, 0) is 20.8 Å². The molecule has 2 aromatic heterocycles.